The Morgan fingerprint density at radius 1 is 1.04 bits per heavy atom. The van der Waals surface area contributed by atoms with Gasteiger partial charge in [0.15, 0.2) is 18.1 Å². The lowest BCUT2D eigenvalue weighted by Crippen LogP contribution is -2.12. The summed E-state index contributed by atoms with van der Waals surface area (Å²) in [5, 5.41) is 3.24. The van der Waals surface area contributed by atoms with Crippen LogP contribution < -0.4 is 11.1 Å². The van der Waals surface area contributed by atoms with Gasteiger partial charge in [-0.25, -0.2) is 9.78 Å². The van der Waals surface area contributed by atoms with Crippen molar-refractivity contribution in [2.75, 3.05) is 11.1 Å². The normalized spacial score (nSPS) is 10.4. The first kappa shape index (κ1) is 17.8. The number of nitrogens with one attached hydrogen (secondary N) is 1. The molecule has 0 aliphatic carbocycles. The number of halogens is 2. The minimum atomic E-state index is -0.756. The number of para-hydroxylation sites is 1. The summed E-state index contributed by atoms with van der Waals surface area (Å²) in [6.07, 6.45) is 0. The fraction of sp³-hybridized carbons (Fsp3) is 0.0625. The number of nitrogen functional groups attached to an aromatic ring is 1. The Morgan fingerprint density at radius 2 is 1.81 bits per heavy atom. The first-order valence-corrected chi connectivity index (χ1v) is 8.08. The number of ether oxygens (including phenoxy) is 1. The molecule has 0 unspecified atom stereocenters. The summed E-state index contributed by atoms with van der Waals surface area (Å²) in [6, 6.07) is 12.2. The summed E-state index contributed by atoms with van der Waals surface area (Å²) < 4.78 is 5.13. The highest BCUT2D eigenvalue weighted by atomic mass is 35.5. The fourth-order valence-corrected chi connectivity index (χ4v) is 2.30. The molecule has 0 bridgehead atoms. The smallest absolute Gasteiger partial charge is 0.358 e. The zero-order chi connectivity index (χ0) is 18.5. The molecule has 0 saturated heterocycles. The summed E-state index contributed by atoms with van der Waals surface area (Å²) >= 11 is 11.7. The number of rotatable bonds is 5. The second kappa shape index (κ2) is 7.94. The lowest BCUT2D eigenvalue weighted by molar-refractivity contribution is 0.0455. The van der Waals surface area contributed by atoms with Gasteiger partial charge < -0.3 is 15.8 Å². The number of anilines is 3. The third-order valence-electron chi connectivity index (χ3n) is 3.07. The van der Waals surface area contributed by atoms with E-state index in [1.54, 1.807) is 0 Å². The highest BCUT2D eigenvalue weighted by molar-refractivity contribution is 6.34. The molecule has 0 fully saturated rings. The molecule has 0 saturated carbocycles. The van der Waals surface area contributed by atoms with Crippen LogP contribution in [0.4, 0.5) is 17.6 Å². The molecule has 132 valence electrons. The molecule has 2 aromatic heterocycles. The summed E-state index contributed by atoms with van der Waals surface area (Å²) in [7, 11) is 0. The van der Waals surface area contributed by atoms with Crippen LogP contribution in [-0.2, 0) is 11.3 Å². The average Bonchev–Trinajstić information content (AvgIpc) is 2.62. The van der Waals surface area contributed by atoms with Crippen LogP contribution in [0.1, 0.15) is 16.3 Å². The van der Waals surface area contributed by atoms with E-state index in [2.05, 4.69) is 25.3 Å². The Bertz CT molecular complexity index is 939. The van der Waals surface area contributed by atoms with Gasteiger partial charge in [0, 0.05) is 5.69 Å². The lowest BCUT2D eigenvalue weighted by Gasteiger charge is -2.08. The first-order chi connectivity index (χ1) is 12.5. The molecule has 0 spiro atoms. The molecule has 10 heteroatoms. The zero-order valence-corrected chi connectivity index (χ0v) is 14.7. The minimum Gasteiger partial charge on any atom is -0.453 e. The fourth-order valence-electron chi connectivity index (χ4n) is 1.97. The Balaban J connectivity index is 1.71. The van der Waals surface area contributed by atoms with Gasteiger partial charge in [0.2, 0.25) is 11.9 Å². The predicted octanol–water partition coefficient (Wildman–Crippen LogP) is 3.26. The van der Waals surface area contributed by atoms with Crippen LogP contribution >= 0.6 is 23.2 Å². The third kappa shape index (κ3) is 4.56. The Kier molecular flexibility index (Phi) is 5.45. The maximum absolute atomic E-state index is 12.1. The molecule has 0 aliphatic heterocycles. The summed E-state index contributed by atoms with van der Waals surface area (Å²) in [5.41, 5.74) is 6.36. The van der Waals surface area contributed by atoms with Gasteiger partial charge in [0.1, 0.15) is 5.15 Å². The van der Waals surface area contributed by atoms with Crippen molar-refractivity contribution in [3.8, 4) is 0 Å². The molecule has 26 heavy (non-hydrogen) atoms. The van der Waals surface area contributed by atoms with Gasteiger partial charge in [-0.15, -0.1) is 0 Å². The molecule has 0 radical (unpaired) electrons. The highest BCUT2D eigenvalue weighted by Crippen LogP contribution is 2.18. The third-order valence-corrected chi connectivity index (χ3v) is 3.58. The van der Waals surface area contributed by atoms with E-state index in [1.807, 2.05) is 30.3 Å². The molecule has 2 heterocycles. The Hall–Kier alpha value is -2.97. The number of carbonyl (C=O) groups is 1. The summed E-state index contributed by atoms with van der Waals surface area (Å²) in [4.78, 5) is 28.0. The quantitative estimate of drug-likeness (QED) is 0.503. The number of hydrogen-bond donors (Lipinski definition) is 2. The topological polar surface area (TPSA) is 116 Å². The van der Waals surface area contributed by atoms with E-state index in [9.17, 15) is 4.79 Å². The van der Waals surface area contributed by atoms with Crippen LogP contribution in [0.5, 0.6) is 0 Å². The summed E-state index contributed by atoms with van der Waals surface area (Å²) in [5.74, 6) is -0.367. The van der Waals surface area contributed by atoms with Gasteiger partial charge in [-0.2, -0.15) is 15.0 Å². The predicted molar refractivity (Wildman–Crippen MR) is 97.3 cm³/mol. The van der Waals surface area contributed by atoms with Crippen molar-refractivity contribution >= 4 is 46.8 Å². The summed E-state index contributed by atoms with van der Waals surface area (Å²) in [6.45, 7) is -0.237. The van der Waals surface area contributed by atoms with Gasteiger partial charge in [0.25, 0.3) is 0 Å². The second-order valence-electron chi connectivity index (χ2n) is 4.97. The largest absolute Gasteiger partial charge is 0.453 e. The van der Waals surface area contributed by atoms with Crippen LogP contribution in [0.25, 0.3) is 0 Å². The molecular formula is C16H12Cl2N6O2. The lowest BCUT2D eigenvalue weighted by atomic mass is 10.3. The minimum absolute atomic E-state index is 0.0107. The van der Waals surface area contributed by atoms with Crippen molar-refractivity contribution in [3.63, 3.8) is 0 Å². The van der Waals surface area contributed by atoms with E-state index in [4.69, 9.17) is 33.7 Å². The number of pyridine rings is 1. The van der Waals surface area contributed by atoms with E-state index in [0.717, 1.165) is 5.69 Å². The standard InChI is InChI=1S/C16H12Cl2N6O2/c17-10-6-7-11(18)21-13(10)14(25)26-8-12-22-15(19)24-16(23-12)20-9-4-2-1-3-5-9/h1-7H,8H2,(H3,19,20,22,23,24). The van der Waals surface area contributed by atoms with E-state index in [-0.39, 0.29) is 40.2 Å². The maximum Gasteiger partial charge on any atom is 0.358 e. The average molecular weight is 391 g/mol. The van der Waals surface area contributed by atoms with Crippen molar-refractivity contribution < 1.29 is 9.53 Å². The van der Waals surface area contributed by atoms with Crippen LogP contribution in [-0.4, -0.2) is 25.9 Å². The maximum atomic E-state index is 12.1. The molecule has 0 amide bonds. The van der Waals surface area contributed by atoms with Crippen molar-refractivity contribution in [2.24, 2.45) is 0 Å². The van der Waals surface area contributed by atoms with Crippen molar-refractivity contribution in [1.82, 2.24) is 19.9 Å². The van der Waals surface area contributed by atoms with Gasteiger partial charge in [0.05, 0.1) is 5.02 Å². The Morgan fingerprint density at radius 3 is 2.58 bits per heavy atom. The molecule has 3 rings (SSSR count). The molecule has 3 N–H and O–H groups in total. The second-order valence-corrected chi connectivity index (χ2v) is 5.76. The number of aromatic nitrogens is 4. The van der Waals surface area contributed by atoms with Crippen molar-refractivity contribution in [2.45, 2.75) is 6.61 Å². The van der Waals surface area contributed by atoms with Crippen LogP contribution in [0.2, 0.25) is 10.2 Å². The van der Waals surface area contributed by atoms with E-state index >= 15 is 0 Å². The van der Waals surface area contributed by atoms with E-state index in [1.165, 1.54) is 12.1 Å². The molecule has 1 aromatic carbocycles. The molecule has 0 atom stereocenters. The number of nitrogens with two attached hydrogens (primary N) is 1. The SMILES string of the molecule is Nc1nc(COC(=O)c2nc(Cl)ccc2Cl)nc(Nc2ccccc2)n1. The van der Waals surface area contributed by atoms with Crippen molar-refractivity contribution in [3.05, 3.63) is 64.2 Å². The molecular weight excluding hydrogens is 379 g/mol. The Labute approximate surface area is 158 Å². The molecule has 8 nitrogen and oxygen atoms in total. The van der Waals surface area contributed by atoms with Gasteiger partial charge in [-0.3, -0.25) is 0 Å². The van der Waals surface area contributed by atoms with Crippen LogP contribution in [0.3, 0.4) is 0 Å². The number of esters is 1. The monoisotopic (exact) mass is 390 g/mol. The van der Waals surface area contributed by atoms with Crippen molar-refractivity contribution in [1.29, 1.82) is 0 Å². The number of benzene rings is 1. The van der Waals surface area contributed by atoms with E-state index in [0.29, 0.717) is 0 Å². The molecule has 0 aliphatic rings. The molecule has 3 aromatic rings. The number of hydrogen-bond acceptors (Lipinski definition) is 8. The van der Waals surface area contributed by atoms with Gasteiger partial charge >= 0.3 is 5.97 Å². The zero-order valence-electron chi connectivity index (χ0n) is 13.2. The highest BCUT2D eigenvalue weighted by Gasteiger charge is 2.16. The first-order valence-electron chi connectivity index (χ1n) is 7.33. The van der Waals surface area contributed by atoms with Gasteiger partial charge in [-0.05, 0) is 24.3 Å². The van der Waals surface area contributed by atoms with E-state index < -0.39 is 5.97 Å². The van der Waals surface area contributed by atoms with Crippen LogP contribution in [0, 0.1) is 0 Å². The van der Waals surface area contributed by atoms with Gasteiger partial charge in [-0.1, -0.05) is 41.4 Å². The number of nitrogens with zero attached hydrogens (tertiary/aromatic N) is 4. The van der Waals surface area contributed by atoms with Crippen LogP contribution in [0.15, 0.2) is 42.5 Å². The number of carbonyl (C=O) groups excluding carboxylic acids is 1.